The summed E-state index contributed by atoms with van der Waals surface area (Å²) >= 11 is 1.35. The molecule has 140 valence electrons. The molecule has 1 aliphatic rings. The average molecular weight is 394 g/mol. The summed E-state index contributed by atoms with van der Waals surface area (Å²) in [5.41, 5.74) is 3.74. The molecule has 3 aromatic heterocycles. The first-order valence-corrected chi connectivity index (χ1v) is 9.37. The quantitative estimate of drug-likeness (QED) is 0.562. The molecule has 0 bridgehead atoms. The number of aryl methyl sites for hydroxylation is 2. The number of carbonyl (C=O) groups excluding carboxylic acids is 1. The third-order valence-corrected chi connectivity index (χ3v) is 5.14. The van der Waals surface area contributed by atoms with Gasteiger partial charge in [0, 0.05) is 16.6 Å². The molecule has 28 heavy (non-hydrogen) atoms. The number of fused-ring (bicyclic) bond motifs is 2. The first-order chi connectivity index (χ1) is 13.6. The second-order valence-corrected chi connectivity index (χ2v) is 7.18. The topological polar surface area (TPSA) is 99.4 Å². The minimum Gasteiger partial charge on any atom is -0.454 e. The van der Waals surface area contributed by atoms with Crippen LogP contribution in [0.1, 0.15) is 21.7 Å². The van der Waals surface area contributed by atoms with Crippen LogP contribution in [0, 0.1) is 13.8 Å². The summed E-state index contributed by atoms with van der Waals surface area (Å²) in [6, 6.07) is 7.35. The number of hydrogen-bond acceptors (Lipinski definition) is 8. The van der Waals surface area contributed by atoms with Gasteiger partial charge >= 0.3 is 0 Å². The predicted octanol–water partition coefficient (Wildman–Crippen LogP) is 3.94. The molecule has 0 saturated heterocycles. The normalized spacial score (nSPS) is 12.5. The molecule has 0 radical (unpaired) electrons. The fourth-order valence-corrected chi connectivity index (χ4v) is 3.80. The maximum absolute atomic E-state index is 12.9. The van der Waals surface area contributed by atoms with Crippen molar-refractivity contribution in [2.45, 2.75) is 13.8 Å². The van der Waals surface area contributed by atoms with Crippen LogP contribution in [0.25, 0.3) is 22.4 Å². The van der Waals surface area contributed by atoms with Crippen LogP contribution in [0.4, 0.5) is 5.13 Å². The Kier molecular flexibility index (Phi) is 3.76. The SMILES string of the molecule is Cc1cc(C(=O)Nc2nc(-c3ccc4c(c3)OCO4)cs2)c2c(C)noc2n1. The number of nitrogens with one attached hydrogen (secondary N) is 1. The van der Waals surface area contributed by atoms with Gasteiger partial charge in [0.15, 0.2) is 16.6 Å². The molecule has 8 nitrogen and oxygen atoms in total. The van der Waals surface area contributed by atoms with E-state index in [4.69, 9.17) is 14.0 Å². The number of aromatic nitrogens is 3. The summed E-state index contributed by atoms with van der Waals surface area (Å²) in [4.78, 5) is 21.6. The molecule has 0 atom stereocenters. The van der Waals surface area contributed by atoms with Gasteiger partial charge in [0.05, 0.1) is 22.3 Å². The van der Waals surface area contributed by atoms with Crippen molar-refractivity contribution in [3.63, 3.8) is 0 Å². The standard InChI is InChI=1S/C19H14N4O4S/c1-9-5-12(16-10(2)23-27-18(16)20-9)17(24)22-19-21-13(7-28-19)11-3-4-14-15(6-11)26-8-25-14/h3-7H,8H2,1-2H3,(H,21,22,24). The molecule has 5 rings (SSSR count). The molecule has 0 unspecified atom stereocenters. The van der Waals surface area contributed by atoms with Gasteiger partial charge in [0.25, 0.3) is 11.6 Å². The van der Waals surface area contributed by atoms with Gasteiger partial charge in [-0.05, 0) is 38.1 Å². The smallest absolute Gasteiger partial charge is 0.258 e. The number of anilines is 1. The van der Waals surface area contributed by atoms with Crippen LogP contribution >= 0.6 is 11.3 Å². The first kappa shape index (κ1) is 16.7. The van der Waals surface area contributed by atoms with Gasteiger partial charge in [-0.25, -0.2) is 9.97 Å². The Morgan fingerprint density at radius 3 is 2.89 bits per heavy atom. The highest BCUT2D eigenvalue weighted by molar-refractivity contribution is 7.14. The number of hydrogen-bond donors (Lipinski definition) is 1. The fraction of sp³-hybridized carbons (Fsp3) is 0.158. The van der Waals surface area contributed by atoms with E-state index in [0.717, 1.165) is 11.3 Å². The van der Waals surface area contributed by atoms with Crippen LogP contribution in [0.2, 0.25) is 0 Å². The van der Waals surface area contributed by atoms with Crippen molar-refractivity contribution in [1.29, 1.82) is 0 Å². The number of thiazole rings is 1. The number of amides is 1. The van der Waals surface area contributed by atoms with Crippen molar-refractivity contribution in [3.8, 4) is 22.8 Å². The van der Waals surface area contributed by atoms with Crippen LogP contribution in [0.3, 0.4) is 0 Å². The second kappa shape index (κ2) is 6.31. The maximum Gasteiger partial charge on any atom is 0.258 e. The van der Waals surface area contributed by atoms with Crippen molar-refractivity contribution in [1.82, 2.24) is 15.1 Å². The lowest BCUT2D eigenvalue weighted by Crippen LogP contribution is -2.13. The van der Waals surface area contributed by atoms with Crippen LogP contribution in [-0.2, 0) is 0 Å². The number of ether oxygens (including phenoxy) is 2. The van der Waals surface area contributed by atoms with Gasteiger partial charge in [0.2, 0.25) is 6.79 Å². The Morgan fingerprint density at radius 2 is 2.00 bits per heavy atom. The monoisotopic (exact) mass is 394 g/mol. The molecule has 9 heteroatoms. The van der Waals surface area contributed by atoms with Crippen molar-refractivity contribution in [2.75, 3.05) is 12.1 Å². The van der Waals surface area contributed by atoms with E-state index >= 15 is 0 Å². The fourth-order valence-electron chi connectivity index (χ4n) is 3.08. The van der Waals surface area contributed by atoms with Gasteiger partial charge in [-0.3, -0.25) is 10.1 Å². The molecule has 0 saturated carbocycles. The van der Waals surface area contributed by atoms with E-state index in [9.17, 15) is 4.79 Å². The van der Waals surface area contributed by atoms with Gasteiger partial charge in [-0.15, -0.1) is 11.3 Å². The Morgan fingerprint density at radius 1 is 1.14 bits per heavy atom. The molecule has 1 aromatic carbocycles. The van der Waals surface area contributed by atoms with Gasteiger partial charge in [0.1, 0.15) is 0 Å². The van der Waals surface area contributed by atoms with Gasteiger partial charge in [-0.2, -0.15) is 0 Å². The molecule has 4 aromatic rings. The zero-order valence-electron chi connectivity index (χ0n) is 15.0. The van der Waals surface area contributed by atoms with Crippen LogP contribution in [0.15, 0.2) is 34.2 Å². The van der Waals surface area contributed by atoms with Gasteiger partial charge < -0.3 is 14.0 Å². The number of pyridine rings is 1. The number of nitrogens with zero attached hydrogens (tertiary/aromatic N) is 3. The van der Waals surface area contributed by atoms with Crippen LogP contribution in [0.5, 0.6) is 11.5 Å². The highest BCUT2D eigenvalue weighted by Gasteiger charge is 2.19. The number of benzene rings is 1. The number of carbonyl (C=O) groups is 1. The highest BCUT2D eigenvalue weighted by atomic mass is 32.1. The van der Waals surface area contributed by atoms with Crippen molar-refractivity contribution in [3.05, 3.63) is 46.6 Å². The second-order valence-electron chi connectivity index (χ2n) is 6.32. The van der Waals surface area contributed by atoms with Crippen molar-refractivity contribution >= 4 is 33.5 Å². The zero-order valence-corrected chi connectivity index (χ0v) is 15.8. The molecular weight excluding hydrogens is 380 g/mol. The van der Waals surface area contributed by atoms with E-state index in [0.29, 0.717) is 44.7 Å². The van der Waals surface area contributed by atoms with E-state index in [2.05, 4.69) is 20.4 Å². The molecule has 1 amide bonds. The van der Waals surface area contributed by atoms with Crippen LogP contribution in [-0.4, -0.2) is 27.8 Å². The Bertz CT molecular complexity index is 1230. The van der Waals surface area contributed by atoms with Crippen LogP contribution < -0.4 is 14.8 Å². The predicted molar refractivity (Wildman–Crippen MR) is 103 cm³/mol. The third-order valence-electron chi connectivity index (χ3n) is 4.38. The molecule has 4 heterocycles. The molecule has 0 spiro atoms. The largest absolute Gasteiger partial charge is 0.454 e. The molecule has 0 aliphatic carbocycles. The maximum atomic E-state index is 12.9. The van der Waals surface area contributed by atoms with E-state index in [-0.39, 0.29) is 12.7 Å². The van der Waals surface area contributed by atoms with E-state index in [1.54, 1.807) is 19.9 Å². The summed E-state index contributed by atoms with van der Waals surface area (Å²) in [5.74, 6) is 1.12. The lowest BCUT2D eigenvalue weighted by atomic mass is 10.1. The lowest BCUT2D eigenvalue weighted by Gasteiger charge is -2.04. The van der Waals surface area contributed by atoms with E-state index in [1.165, 1.54) is 11.3 Å². The summed E-state index contributed by atoms with van der Waals surface area (Å²) < 4.78 is 15.9. The number of rotatable bonds is 3. The Labute approximate surface area is 163 Å². The minimum absolute atomic E-state index is 0.221. The summed E-state index contributed by atoms with van der Waals surface area (Å²) in [7, 11) is 0. The van der Waals surface area contributed by atoms with Gasteiger partial charge in [-0.1, -0.05) is 5.16 Å². The average Bonchev–Trinajstić information content (AvgIpc) is 3.40. The minimum atomic E-state index is -0.284. The molecule has 1 N–H and O–H groups in total. The molecule has 1 aliphatic heterocycles. The molecule has 0 fully saturated rings. The third kappa shape index (κ3) is 2.76. The van der Waals surface area contributed by atoms with Crippen molar-refractivity contribution < 1.29 is 18.8 Å². The lowest BCUT2D eigenvalue weighted by molar-refractivity contribution is 0.102. The summed E-state index contributed by atoms with van der Waals surface area (Å²) in [6.45, 7) is 3.80. The van der Waals surface area contributed by atoms with E-state index < -0.39 is 0 Å². The van der Waals surface area contributed by atoms with Crippen molar-refractivity contribution in [2.24, 2.45) is 0 Å². The summed E-state index contributed by atoms with van der Waals surface area (Å²) in [6.07, 6.45) is 0. The molecular formula is C19H14N4O4S. The zero-order chi connectivity index (χ0) is 19.3. The first-order valence-electron chi connectivity index (χ1n) is 8.49. The highest BCUT2D eigenvalue weighted by Crippen LogP contribution is 2.36. The Hall–Kier alpha value is -3.46. The van der Waals surface area contributed by atoms with E-state index in [1.807, 2.05) is 23.6 Å². The summed E-state index contributed by atoms with van der Waals surface area (Å²) in [5, 5.41) is 9.74. The Balaban J connectivity index is 1.43.